The van der Waals surface area contributed by atoms with Crippen LogP contribution in [0.5, 0.6) is 5.75 Å². The SMILES string of the molecule is COc1ccc2nc(SCC(=O)N3CC(C)CC(C)C3)[nH]c2c1. The van der Waals surface area contributed by atoms with Crippen LogP contribution in [0.3, 0.4) is 0 Å². The molecule has 124 valence electrons. The first-order valence-corrected chi connectivity index (χ1v) is 8.98. The van der Waals surface area contributed by atoms with Crippen LogP contribution in [-0.4, -0.2) is 46.7 Å². The van der Waals surface area contributed by atoms with E-state index in [4.69, 9.17) is 4.74 Å². The number of piperidine rings is 1. The molecule has 2 aromatic rings. The number of hydrogen-bond acceptors (Lipinski definition) is 4. The van der Waals surface area contributed by atoms with Gasteiger partial charge in [-0.1, -0.05) is 25.6 Å². The van der Waals surface area contributed by atoms with E-state index in [2.05, 4.69) is 23.8 Å². The molecule has 3 rings (SSSR count). The van der Waals surface area contributed by atoms with Crippen LogP contribution >= 0.6 is 11.8 Å². The zero-order valence-corrected chi connectivity index (χ0v) is 14.7. The monoisotopic (exact) mass is 333 g/mol. The lowest BCUT2D eigenvalue weighted by molar-refractivity contribution is -0.130. The Kier molecular flexibility index (Phi) is 4.80. The minimum Gasteiger partial charge on any atom is -0.497 e. The number of thioether (sulfide) groups is 1. The first kappa shape index (κ1) is 16.2. The van der Waals surface area contributed by atoms with Gasteiger partial charge in [-0.05, 0) is 30.4 Å². The molecule has 1 amide bonds. The van der Waals surface area contributed by atoms with Crippen LogP contribution in [0.1, 0.15) is 20.3 Å². The van der Waals surface area contributed by atoms with Crippen molar-refractivity contribution >= 4 is 28.7 Å². The van der Waals surface area contributed by atoms with Gasteiger partial charge in [-0.15, -0.1) is 0 Å². The normalized spacial score (nSPS) is 21.6. The molecule has 2 atom stereocenters. The van der Waals surface area contributed by atoms with Crippen molar-refractivity contribution in [2.75, 3.05) is 26.0 Å². The number of nitrogens with one attached hydrogen (secondary N) is 1. The third-order valence-corrected chi connectivity index (χ3v) is 5.08. The van der Waals surface area contributed by atoms with Crippen LogP contribution in [0, 0.1) is 11.8 Å². The van der Waals surface area contributed by atoms with E-state index >= 15 is 0 Å². The summed E-state index contributed by atoms with van der Waals surface area (Å²) in [5.41, 5.74) is 1.82. The molecule has 1 aliphatic heterocycles. The predicted molar refractivity (Wildman–Crippen MR) is 92.9 cm³/mol. The number of rotatable bonds is 4. The number of aromatic nitrogens is 2. The molecule has 2 heterocycles. The summed E-state index contributed by atoms with van der Waals surface area (Å²) in [6.07, 6.45) is 1.21. The number of H-pyrrole nitrogens is 1. The summed E-state index contributed by atoms with van der Waals surface area (Å²) in [6.45, 7) is 6.19. The van der Waals surface area contributed by atoms with E-state index in [1.165, 1.54) is 18.2 Å². The van der Waals surface area contributed by atoms with Crippen molar-refractivity contribution in [3.63, 3.8) is 0 Å². The van der Waals surface area contributed by atoms with Crippen LogP contribution in [0.25, 0.3) is 11.0 Å². The van der Waals surface area contributed by atoms with Crippen LogP contribution < -0.4 is 4.74 Å². The molecular formula is C17H23N3O2S. The zero-order valence-electron chi connectivity index (χ0n) is 13.8. The van der Waals surface area contributed by atoms with E-state index in [0.29, 0.717) is 17.6 Å². The molecule has 0 bridgehead atoms. The molecule has 1 N–H and O–H groups in total. The van der Waals surface area contributed by atoms with E-state index in [9.17, 15) is 4.79 Å². The lowest BCUT2D eigenvalue weighted by Crippen LogP contribution is -2.43. The van der Waals surface area contributed by atoms with Crippen molar-refractivity contribution in [3.8, 4) is 5.75 Å². The minimum atomic E-state index is 0.200. The van der Waals surface area contributed by atoms with E-state index < -0.39 is 0 Å². The number of nitrogens with zero attached hydrogens (tertiary/aromatic N) is 2. The first-order chi connectivity index (χ1) is 11.0. The number of amides is 1. The van der Waals surface area contributed by atoms with Crippen molar-refractivity contribution in [2.24, 2.45) is 11.8 Å². The maximum atomic E-state index is 12.4. The minimum absolute atomic E-state index is 0.200. The van der Waals surface area contributed by atoms with Gasteiger partial charge in [0.15, 0.2) is 5.16 Å². The average molecular weight is 333 g/mol. The number of benzene rings is 1. The maximum absolute atomic E-state index is 12.4. The van der Waals surface area contributed by atoms with E-state index in [1.807, 2.05) is 23.1 Å². The van der Waals surface area contributed by atoms with Crippen LogP contribution in [0.4, 0.5) is 0 Å². The lowest BCUT2D eigenvalue weighted by atomic mass is 9.92. The second-order valence-corrected chi connectivity index (χ2v) is 7.42. The Bertz CT molecular complexity index is 690. The summed E-state index contributed by atoms with van der Waals surface area (Å²) in [7, 11) is 1.65. The van der Waals surface area contributed by atoms with Crippen LogP contribution in [-0.2, 0) is 4.79 Å². The summed E-state index contributed by atoms with van der Waals surface area (Å²) in [5.74, 6) is 2.60. The zero-order chi connectivity index (χ0) is 16.4. The molecule has 1 aliphatic rings. The number of imidazole rings is 1. The highest BCUT2D eigenvalue weighted by Crippen LogP contribution is 2.25. The van der Waals surface area contributed by atoms with Gasteiger partial charge >= 0.3 is 0 Å². The first-order valence-electron chi connectivity index (χ1n) is 7.99. The Morgan fingerprint density at radius 2 is 2.13 bits per heavy atom. The topological polar surface area (TPSA) is 58.2 Å². The van der Waals surface area contributed by atoms with Crippen LogP contribution in [0.15, 0.2) is 23.4 Å². The molecule has 2 unspecified atom stereocenters. The number of aromatic amines is 1. The van der Waals surface area contributed by atoms with Crippen molar-refractivity contribution < 1.29 is 9.53 Å². The molecule has 0 saturated carbocycles. The van der Waals surface area contributed by atoms with Crippen molar-refractivity contribution in [3.05, 3.63) is 18.2 Å². The van der Waals surface area contributed by atoms with E-state index in [1.54, 1.807) is 7.11 Å². The molecular weight excluding hydrogens is 310 g/mol. The fourth-order valence-corrected chi connectivity index (χ4v) is 4.04. The summed E-state index contributed by atoms with van der Waals surface area (Å²) < 4.78 is 5.21. The number of methoxy groups -OCH3 is 1. The highest BCUT2D eigenvalue weighted by atomic mass is 32.2. The van der Waals surface area contributed by atoms with Crippen molar-refractivity contribution in [2.45, 2.75) is 25.4 Å². The third-order valence-electron chi connectivity index (χ3n) is 4.22. The Morgan fingerprint density at radius 1 is 1.39 bits per heavy atom. The Morgan fingerprint density at radius 3 is 2.83 bits per heavy atom. The van der Waals surface area contributed by atoms with Gasteiger partial charge in [0, 0.05) is 19.2 Å². The number of carbonyl (C=O) groups is 1. The number of ether oxygens (including phenoxy) is 1. The van der Waals surface area contributed by atoms with Gasteiger partial charge in [0.1, 0.15) is 5.75 Å². The highest BCUT2D eigenvalue weighted by Gasteiger charge is 2.25. The van der Waals surface area contributed by atoms with Crippen LogP contribution in [0.2, 0.25) is 0 Å². The summed E-state index contributed by atoms with van der Waals surface area (Å²) >= 11 is 1.47. The molecule has 1 aromatic carbocycles. The highest BCUT2D eigenvalue weighted by molar-refractivity contribution is 7.99. The molecule has 0 aliphatic carbocycles. The van der Waals surface area contributed by atoms with Gasteiger partial charge in [-0.25, -0.2) is 4.98 Å². The Balaban J connectivity index is 1.62. The summed E-state index contributed by atoms with van der Waals surface area (Å²) in [5, 5.41) is 0.778. The van der Waals surface area contributed by atoms with E-state index in [0.717, 1.165) is 35.0 Å². The number of fused-ring (bicyclic) bond motifs is 1. The van der Waals surface area contributed by atoms with Gasteiger partial charge in [-0.3, -0.25) is 4.79 Å². The molecule has 1 fully saturated rings. The maximum Gasteiger partial charge on any atom is 0.233 e. The average Bonchev–Trinajstić information content (AvgIpc) is 2.93. The number of hydrogen-bond donors (Lipinski definition) is 1. The molecule has 0 spiro atoms. The molecule has 0 radical (unpaired) electrons. The van der Waals surface area contributed by atoms with Crippen molar-refractivity contribution in [1.29, 1.82) is 0 Å². The predicted octanol–water partition coefficient (Wildman–Crippen LogP) is 3.17. The third kappa shape index (κ3) is 3.80. The molecule has 1 saturated heterocycles. The molecule has 6 heteroatoms. The lowest BCUT2D eigenvalue weighted by Gasteiger charge is -2.34. The second kappa shape index (κ2) is 6.83. The standard InChI is InChI=1S/C17H23N3O2S/c1-11-6-12(2)9-20(8-11)16(21)10-23-17-18-14-5-4-13(22-3)7-15(14)19-17/h4-5,7,11-12H,6,8-10H2,1-3H3,(H,18,19). The van der Waals surface area contributed by atoms with Gasteiger partial charge in [-0.2, -0.15) is 0 Å². The fraction of sp³-hybridized carbons (Fsp3) is 0.529. The van der Waals surface area contributed by atoms with Gasteiger partial charge in [0.25, 0.3) is 0 Å². The van der Waals surface area contributed by atoms with E-state index in [-0.39, 0.29) is 5.91 Å². The molecule has 5 nitrogen and oxygen atoms in total. The van der Waals surface area contributed by atoms with Gasteiger partial charge in [0.05, 0.1) is 23.9 Å². The molecule has 23 heavy (non-hydrogen) atoms. The largest absolute Gasteiger partial charge is 0.497 e. The van der Waals surface area contributed by atoms with Gasteiger partial charge in [0.2, 0.25) is 5.91 Å². The Labute approximate surface area is 140 Å². The number of likely N-dealkylation sites (tertiary alicyclic amines) is 1. The van der Waals surface area contributed by atoms with Gasteiger partial charge < -0.3 is 14.6 Å². The molecule has 1 aromatic heterocycles. The summed E-state index contributed by atoms with van der Waals surface area (Å²) in [4.78, 5) is 22.2. The number of carbonyl (C=O) groups excluding carboxylic acids is 1. The summed E-state index contributed by atoms with van der Waals surface area (Å²) in [6, 6.07) is 5.73. The fourth-order valence-electron chi connectivity index (χ4n) is 3.25. The quantitative estimate of drug-likeness (QED) is 0.873. The smallest absolute Gasteiger partial charge is 0.233 e. The Hall–Kier alpha value is -1.69. The van der Waals surface area contributed by atoms with Crippen molar-refractivity contribution in [1.82, 2.24) is 14.9 Å². The second-order valence-electron chi connectivity index (χ2n) is 6.46.